The van der Waals surface area contributed by atoms with Gasteiger partial charge in [0.2, 0.25) is 0 Å². The van der Waals surface area contributed by atoms with E-state index in [0.29, 0.717) is 5.56 Å². The Morgan fingerprint density at radius 3 is 2.81 bits per heavy atom. The largest absolute Gasteiger partial charge is 0.389 e. The van der Waals surface area contributed by atoms with Crippen LogP contribution >= 0.6 is 11.3 Å². The molecule has 82 valence electrons. The molecule has 2 atom stereocenters. The molecule has 1 aromatic heterocycles. The number of hydrogen-bond acceptors (Lipinski definition) is 4. The number of aliphatic hydroxyl groups is 2. The number of nitriles is 1. The predicted octanol–water partition coefficient (Wildman–Crippen LogP) is 2.21. The van der Waals surface area contributed by atoms with Gasteiger partial charge in [-0.2, -0.15) is 5.26 Å². The van der Waals surface area contributed by atoms with Crippen LogP contribution in [0.4, 0.5) is 0 Å². The Morgan fingerprint density at radius 2 is 2.06 bits per heavy atom. The number of rotatable bonds is 3. The smallest absolute Gasteiger partial charge is 0.107 e. The van der Waals surface area contributed by atoms with E-state index in [4.69, 9.17) is 5.26 Å². The fourth-order valence-electron chi connectivity index (χ4n) is 1.64. The highest BCUT2D eigenvalue weighted by Gasteiger charge is 2.20. The van der Waals surface area contributed by atoms with Crippen LogP contribution in [-0.4, -0.2) is 16.3 Å². The Bertz CT molecular complexity index is 529. The number of aliphatic hydroxyl groups excluding tert-OH is 2. The first-order chi connectivity index (χ1) is 7.74. The lowest BCUT2D eigenvalue weighted by atomic mass is 10.0. The van der Waals surface area contributed by atoms with Crippen LogP contribution < -0.4 is 0 Å². The summed E-state index contributed by atoms with van der Waals surface area (Å²) in [6, 6.07) is 9.55. The second-order valence-electron chi connectivity index (χ2n) is 3.56. The van der Waals surface area contributed by atoms with Crippen molar-refractivity contribution in [3.05, 3.63) is 35.2 Å². The molecule has 2 aromatic rings. The van der Waals surface area contributed by atoms with E-state index >= 15 is 0 Å². The van der Waals surface area contributed by atoms with Crippen molar-refractivity contribution in [2.45, 2.75) is 18.6 Å². The molecule has 3 nitrogen and oxygen atoms in total. The number of thiophene rings is 1. The van der Waals surface area contributed by atoms with Crippen molar-refractivity contribution in [3.63, 3.8) is 0 Å². The molecule has 4 heteroatoms. The quantitative estimate of drug-likeness (QED) is 0.854. The highest BCUT2D eigenvalue weighted by atomic mass is 32.1. The van der Waals surface area contributed by atoms with Gasteiger partial charge in [-0.15, -0.1) is 11.3 Å². The third-order valence-corrected chi connectivity index (χ3v) is 3.48. The van der Waals surface area contributed by atoms with Crippen molar-refractivity contribution in [3.8, 4) is 6.07 Å². The number of fused-ring (bicyclic) bond motifs is 1. The summed E-state index contributed by atoms with van der Waals surface area (Å²) in [4.78, 5) is 0. The van der Waals surface area contributed by atoms with Crippen molar-refractivity contribution in [2.24, 2.45) is 0 Å². The zero-order chi connectivity index (χ0) is 11.5. The van der Waals surface area contributed by atoms with Gasteiger partial charge in [0.1, 0.15) is 6.10 Å². The summed E-state index contributed by atoms with van der Waals surface area (Å²) >= 11 is 1.52. The maximum absolute atomic E-state index is 9.91. The van der Waals surface area contributed by atoms with Crippen LogP contribution in [0.5, 0.6) is 0 Å². The topological polar surface area (TPSA) is 64.2 Å². The molecule has 0 amide bonds. The summed E-state index contributed by atoms with van der Waals surface area (Å²) in [5.74, 6) is 0. The molecule has 16 heavy (non-hydrogen) atoms. The highest BCUT2D eigenvalue weighted by molar-refractivity contribution is 7.17. The van der Waals surface area contributed by atoms with Crippen LogP contribution in [0.3, 0.4) is 0 Å². The summed E-state index contributed by atoms with van der Waals surface area (Å²) < 4.78 is 1.07. The fourth-order valence-corrected chi connectivity index (χ4v) is 2.63. The maximum Gasteiger partial charge on any atom is 0.107 e. The Balaban J connectivity index is 2.37. The van der Waals surface area contributed by atoms with E-state index in [1.807, 2.05) is 35.7 Å². The minimum Gasteiger partial charge on any atom is -0.389 e. The van der Waals surface area contributed by atoms with Crippen LogP contribution in [-0.2, 0) is 0 Å². The summed E-state index contributed by atoms with van der Waals surface area (Å²) in [5, 5.41) is 30.7. The van der Waals surface area contributed by atoms with E-state index in [1.54, 1.807) is 0 Å². The molecule has 0 aliphatic carbocycles. The van der Waals surface area contributed by atoms with E-state index < -0.39 is 12.2 Å². The van der Waals surface area contributed by atoms with E-state index in [-0.39, 0.29) is 6.42 Å². The van der Waals surface area contributed by atoms with Gasteiger partial charge in [-0.1, -0.05) is 18.2 Å². The lowest BCUT2D eigenvalue weighted by molar-refractivity contribution is 0.0227. The molecule has 0 bridgehead atoms. The second-order valence-corrected chi connectivity index (χ2v) is 4.47. The van der Waals surface area contributed by atoms with Gasteiger partial charge >= 0.3 is 0 Å². The molecule has 2 unspecified atom stereocenters. The Hall–Kier alpha value is -1.41. The van der Waals surface area contributed by atoms with Gasteiger partial charge in [-0.3, -0.25) is 0 Å². The first kappa shape index (κ1) is 11.1. The number of nitrogens with zero attached hydrogens (tertiary/aromatic N) is 1. The molecule has 0 radical (unpaired) electrons. The van der Waals surface area contributed by atoms with Crippen LogP contribution in [0.1, 0.15) is 18.1 Å². The fraction of sp³-hybridized carbons (Fsp3) is 0.250. The van der Waals surface area contributed by atoms with Crippen molar-refractivity contribution in [1.29, 1.82) is 5.26 Å². The van der Waals surface area contributed by atoms with Crippen molar-refractivity contribution in [2.75, 3.05) is 0 Å². The Kier molecular flexibility index (Phi) is 3.20. The van der Waals surface area contributed by atoms with Gasteiger partial charge in [0.15, 0.2) is 0 Å². The minimum atomic E-state index is -1.02. The lowest BCUT2D eigenvalue weighted by Gasteiger charge is -2.14. The Labute approximate surface area is 97.2 Å². The zero-order valence-corrected chi connectivity index (χ0v) is 9.31. The molecule has 0 aliphatic heterocycles. The van der Waals surface area contributed by atoms with Gasteiger partial charge in [0.05, 0.1) is 18.6 Å². The summed E-state index contributed by atoms with van der Waals surface area (Å²) in [5.41, 5.74) is 0.698. The molecule has 0 fully saturated rings. The maximum atomic E-state index is 9.91. The standard InChI is InChI=1S/C12H11NO2S/c13-6-5-10(14)12(15)9-7-16-11-4-2-1-3-8(9)11/h1-4,7,10,12,14-15H,5H2. The molecular weight excluding hydrogens is 222 g/mol. The van der Waals surface area contributed by atoms with Gasteiger partial charge in [-0.25, -0.2) is 0 Å². The third kappa shape index (κ3) is 1.93. The van der Waals surface area contributed by atoms with Gasteiger partial charge in [-0.05, 0) is 16.8 Å². The molecule has 0 spiro atoms. The molecule has 0 aliphatic rings. The summed E-state index contributed by atoms with van der Waals surface area (Å²) in [7, 11) is 0. The van der Waals surface area contributed by atoms with Crippen LogP contribution in [0.2, 0.25) is 0 Å². The first-order valence-electron chi connectivity index (χ1n) is 4.93. The van der Waals surface area contributed by atoms with Crippen molar-refractivity contribution < 1.29 is 10.2 Å². The Morgan fingerprint density at radius 1 is 1.31 bits per heavy atom. The SMILES string of the molecule is N#CCC(O)C(O)c1csc2ccccc12. The monoisotopic (exact) mass is 233 g/mol. The molecule has 0 saturated carbocycles. The molecule has 1 heterocycles. The molecule has 0 saturated heterocycles. The van der Waals surface area contributed by atoms with E-state index in [9.17, 15) is 10.2 Å². The number of hydrogen-bond donors (Lipinski definition) is 2. The molecule has 2 N–H and O–H groups in total. The first-order valence-corrected chi connectivity index (χ1v) is 5.81. The molecule has 2 rings (SSSR count). The second kappa shape index (κ2) is 4.62. The van der Waals surface area contributed by atoms with Crippen LogP contribution in [0.15, 0.2) is 29.6 Å². The molecule has 1 aromatic carbocycles. The van der Waals surface area contributed by atoms with Gasteiger partial charge in [0, 0.05) is 10.3 Å². The average molecular weight is 233 g/mol. The predicted molar refractivity (Wildman–Crippen MR) is 63.0 cm³/mol. The van der Waals surface area contributed by atoms with Gasteiger partial charge in [0.25, 0.3) is 0 Å². The average Bonchev–Trinajstić information content (AvgIpc) is 2.72. The number of benzene rings is 1. The lowest BCUT2D eigenvalue weighted by Crippen LogP contribution is -2.16. The van der Waals surface area contributed by atoms with Crippen LogP contribution in [0, 0.1) is 11.3 Å². The minimum absolute atomic E-state index is 0.0641. The zero-order valence-electron chi connectivity index (χ0n) is 8.50. The normalized spacial score (nSPS) is 14.6. The summed E-state index contributed by atoms with van der Waals surface area (Å²) in [6.45, 7) is 0. The third-order valence-electron chi connectivity index (χ3n) is 2.49. The van der Waals surface area contributed by atoms with E-state index in [2.05, 4.69) is 0 Å². The van der Waals surface area contributed by atoms with Crippen molar-refractivity contribution >= 4 is 21.4 Å². The van der Waals surface area contributed by atoms with E-state index in [0.717, 1.165) is 10.1 Å². The highest BCUT2D eigenvalue weighted by Crippen LogP contribution is 2.32. The van der Waals surface area contributed by atoms with Crippen LogP contribution in [0.25, 0.3) is 10.1 Å². The van der Waals surface area contributed by atoms with E-state index in [1.165, 1.54) is 11.3 Å². The molecular formula is C12H11NO2S. The van der Waals surface area contributed by atoms with Gasteiger partial charge < -0.3 is 10.2 Å². The van der Waals surface area contributed by atoms with Crippen molar-refractivity contribution in [1.82, 2.24) is 0 Å². The summed E-state index contributed by atoms with van der Waals surface area (Å²) in [6.07, 6.45) is -2.08.